The SMILES string of the molecule is COc1ccc(S(=O)(=O)NC(=O)c2cc3c(Cl)ccc(Nc4cccc(OC)c4)c3n2C)cc1. The Kier molecular flexibility index (Phi) is 6.41. The third-order valence-corrected chi connectivity index (χ3v) is 7.00. The third kappa shape index (κ3) is 4.52. The lowest BCUT2D eigenvalue weighted by molar-refractivity contribution is 0.0974. The Morgan fingerprint density at radius 1 is 0.941 bits per heavy atom. The van der Waals surface area contributed by atoms with Crippen LogP contribution in [-0.2, 0) is 17.1 Å². The van der Waals surface area contributed by atoms with Crippen molar-refractivity contribution < 1.29 is 22.7 Å². The quantitative estimate of drug-likeness (QED) is 0.382. The molecule has 34 heavy (non-hydrogen) atoms. The average molecular weight is 500 g/mol. The summed E-state index contributed by atoms with van der Waals surface area (Å²) in [7, 11) is 0.642. The molecule has 1 aromatic heterocycles. The molecule has 1 amide bonds. The van der Waals surface area contributed by atoms with E-state index < -0.39 is 15.9 Å². The molecule has 0 spiro atoms. The van der Waals surface area contributed by atoms with E-state index >= 15 is 0 Å². The first kappa shape index (κ1) is 23.5. The largest absolute Gasteiger partial charge is 0.497 e. The molecule has 0 aliphatic rings. The van der Waals surface area contributed by atoms with Crippen LogP contribution in [0.4, 0.5) is 11.4 Å². The van der Waals surface area contributed by atoms with Crippen molar-refractivity contribution in [2.24, 2.45) is 7.05 Å². The van der Waals surface area contributed by atoms with Gasteiger partial charge in [-0.15, -0.1) is 0 Å². The number of amides is 1. The zero-order valence-corrected chi connectivity index (χ0v) is 20.2. The van der Waals surface area contributed by atoms with E-state index in [-0.39, 0.29) is 10.6 Å². The normalized spacial score (nSPS) is 11.3. The van der Waals surface area contributed by atoms with Crippen LogP contribution in [0.3, 0.4) is 0 Å². The van der Waals surface area contributed by atoms with Crippen LogP contribution in [0.5, 0.6) is 11.5 Å². The number of hydrogen-bond acceptors (Lipinski definition) is 6. The van der Waals surface area contributed by atoms with Crippen LogP contribution in [0.1, 0.15) is 10.5 Å². The van der Waals surface area contributed by atoms with Crippen molar-refractivity contribution in [2.45, 2.75) is 4.90 Å². The van der Waals surface area contributed by atoms with Crippen LogP contribution in [0.25, 0.3) is 10.9 Å². The summed E-state index contributed by atoms with van der Waals surface area (Å²) in [4.78, 5) is 12.9. The Hall–Kier alpha value is -3.69. The number of carbonyl (C=O) groups excluding carboxylic acids is 1. The number of halogens is 1. The maximum Gasteiger partial charge on any atom is 0.281 e. The summed E-state index contributed by atoms with van der Waals surface area (Å²) in [6.45, 7) is 0. The number of methoxy groups -OCH3 is 2. The summed E-state index contributed by atoms with van der Waals surface area (Å²) < 4.78 is 39.5. The van der Waals surface area contributed by atoms with Crippen molar-refractivity contribution in [3.63, 3.8) is 0 Å². The second-order valence-electron chi connectivity index (χ2n) is 7.41. The van der Waals surface area contributed by atoms with Crippen LogP contribution < -0.4 is 19.5 Å². The van der Waals surface area contributed by atoms with Crippen molar-refractivity contribution in [2.75, 3.05) is 19.5 Å². The first-order valence-corrected chi connectivity index (χ1v) is 12.0. The molecule has 0 unspecified atom stereocenters. The summed E-state index contributed by atoms with van der Waals surface area (Å²) >= 11 is 6.40. The predicted octanol–water partition coefficient (Wildman–Crippen LogP) is 4.71. The van der Waals surface area contributed by atoms with Gasteiger partial charge < -0.3 is 19.4 Å². The van der Waals surface area contributed by atoms with E-state index in [0.29, 0.717) is 33.1 Å². The fourth-order valence-corrected chi connectivity index (χ4v) is 4.77. The van der Waals surface area contributed by atoms with E-state index in [2.05, 4.69) is 10.0 Å². The first-order chi connectivity index (χ1) is 16.2. The van der Waals surface area contributed by atoms with Gasteiger partial charge in [0.05, 0.1) is 35.3 Å². The zero-order chi connectivity index (χ0) is 24.5. The van der Waals surface area contributed by atoms with Crippen molar-refractivity contribution in [1.29, 1.82) is 0 Å². The fraction of sp³-hybridized carbons (Fsp3) is 0.125. The van der Waals surface area contributed by atoms with Crippen LogP contribution in [0, 0.1) is 0 Å². The summed E-state index contributed by atoms with van der Waals surface area (Å²) in [5.74, 6) is 0.411. The molecule has 176 valence electrons. The topological polar surface area (TPSA) is 98.7 Å². The van der Waals surface area contributed by atoms with Gasteiger partial charge in [0, 0.05) is 24.2 Å². The molecule has 0 bridgehead atoms. The van der Waals surface area contributed by atoms with Crippen LogP contribution in [0.2, 0.25) is 5.02 Å². The molecule has 1 heterocycles. The van der Waals surface area contributed by atoms with E-state index in [0.717, 1.165) is 5.69 Å². The maximum absolute atomic E-state index is 13.0. The minimum Gasteiger partial charge on any atom is -0.497 e. The molecule has 4 aromatic rings. The van der Waals surface area contributed by atoms with Crippen molar-refractivity contribution in [1.82, 2.24) is 9.29 Å². The highest BCUT2D eigenvalue weighted by molar-refractivity contribution is 7.90. The summed E-state index contributed by atoms with van der Waals surface area (Å²) in [5.41, 5.74) is 2.24. The molecule has 0 radical (unpaired) electrons. The van der Waals surface area contributed by atoms with Gasteiger partial charge in [0.2, 0.25) is 0 Å². The highest BCUT2D eigenvalue weighted by Gasteiger charge is 2.23. The standard InChI is InChI=1S/C24H22ClN3O5S/c1-28-22(24(29)27-34(30,31)18-9-7-16(32-2)8-10-18)14-19-20(25)11-12-21(23(19)28)26-15-5-4-6-17(13-15)33-3/h4-14,26H,1-3H3,(H,27,29). The minimum absolute atomic E-state index is 0.0566. The van der Waals surface area contributed by atoms with Gasteiger partial charge in [0.15, 0.2) is 0 Å². The van der Waals surface area contributed by atoms with Crippen LogP contribution in [0.15, 0.2) is 71.6 Å². The highest BCUT2D eigenvalue weighted by Crippen LogP contribution is 2.34. The molecule has 0 atom stereocenters. The van der Waals surface area contributed by atoms with Gasteiger partial charge >= 0.3 is 0 Å². The predicted molar refractivity (Wildman–Crippen MR) is 132 cm³/mol. The van der Waals surface area contributed by atoms with Gasteiger partial charge in [-0.1, -0.05) is 17.7 Å². The number of fused-ring (bicyclic) bond motifs is 1. The number of sulfonamides is 1. The Balaban J connectivity index is 1.69. The molecule has 0 saturated carbocycles. The molecule has 3 aromatic carbocycles. The van der Waals surface area contributed by atoms with Crippen molar-refractivity contribution in [3.8, 4) is 11.5 Å². The molecular weight excluding hydrogens is 478 g/mol. The number of anilines is 2. The van der Waals surface area contributed by atoms with Crippen LogP contribution >= 0.6 is 11.6 Å². The number of aromatic nitrogens is 1. The minimum atomic E-state index is -4.09. The molecular formula is C24H22ClN3O5S. The van der Waals surface area contributed by atoms with Gasteiger partial charge in [-0.3, -0.25) is 4.79 Å². The molecule has 0 aliphatic carbocycles. The summed E-state index contributed by atoms with van der Waals surface area (Å²) in [6.07, 6.45) is 0. The number of benzene rings is 3. The van der Waals surface area contributed by atoms with Gasteiger partial charge in [0.1, 0.15) is 17.2 Å². The van der Waals surface area contributed by atoms with Gasteiger partial charge in [0.25, 0.3) is 15.9 Å². The lowest BCUT2D eigenvalue weighted by Gasteiger charge is -2.12. The number of hydrogen-bond donors (Lipinski definition) is 2. The molecule has 10 heteroatoms. The zero-order valence-electron chi connectivity index (χ0n) is 18.6. The van der Waals surface area contributed by atoms with E-state index in [1.807, 2.05) is 24.3 Å². The van der Waals surface area contributed by atoms with Crippen molar-refractivity contribution in [3.05, 3.63) is 77.4 Å². The molecule has 0 fully saturated rings. The number of ether oxygens (including phenoxy) is 2. The van der Waals surface area contributed by atoms with Gasteiger partial charge in [-0.05, 0) is 54.6 Å². The van der Waals surface area contributed by atoms with Gasteiger partial charge in [-0.25, -0.2) is 13.1 Å². The van der Waals surface area contributed by atoms with Gasteiger partial charge in [-0.2, -0.15) is 0 Å². The number of nitrogens with zero attached hydrogens (tertiary/aromatic N) is 1. The number of aryl methyl sites for hydroxylation is 1. The van der Waals surface area contributed by atoms with E-state index in [4.69, 9.17) is 21.1 Å². The van der Waals surface area contributed by atoms with E-state index in [1.165, 1.54) is 31.4 Å². The summed E-state index contributed by atoms with van der Waals surface area (Å²) in [5, 5.41) is 4.34. The Bertz CT molecular complexity index is 1480. The number of carbonyl (C=O) groups is 1. The lowest BCUT2D eigenvalue weighted by Crippen LogP contribution is -2.31. The molecule has 2 N–H and O–H groups in total. The number of nitrogens with one attached hydrogen (secondary N) is 2. The first-order valence-electron chi connectivity index (χ1n) is 10.1. The smallest absolute Gasteiger partial charge is 0.281 e. The Morgan fingerprint density at radius 2 is 1.65 bits per heavy atom. The van der Waals surface area contributed by atoms with Crippen LogP contribution in [-0.4, -0.2) is 33.1 Å². The molecule has 8 nitrogen and oxygen atoms in total. The molecule has 0 saturated heterocycles. The summed E-state index contributed by atoms with van der Waals surface area (Å²) in [6, 6.07) is 18.2. The highest BCUT2D eigenvalue weighted by atomic mass is 35.5. The van der Waals surface area contributed by atoms with Crippen molar-refractivity contribution >= 4 is 49.8 Å². The monoisotopic (exact) mass is 499 g/mol. The second kappa shape index (κ2) is 9.28. The van der Waals surface area contributed by atoms with E-state index in [9.17, 15) is 13.2 Å². The number of rotatable bonds is 7. The average Bonchev–Trinajstić information content (AvgIpc) is 3.19. The maximum atomic E-state index is 13.0. The molecule has 4 rings (SSSR count). The Morgan fingerprint density at radius 3 is 2.32 bits per heavy atom. The van der Waals surface area contributed by atoms with E-state index in [1.54, 1.807) is 36.9 Å². The lowest BCUT2D eigenvalue weighted by atomic mass is 10.2. The fourth-order valence-electron chi connectivity index (χ4n) is 3.60. The third-order valence-electron chi connectivity index (χ3n) is 5.32. The second-order valence-corrected chi connectivity index (χ2v) is 9.50. The molecule has 0 aliphatic heterocycles. The Labute approximate surface area is 202 Å².